The molecule has 0 spiro atoms. The first kappa shape index (κ1) is 19.3. The molecule has 0 N–H and O–H groups in total. The van der Waals surface area contributed by atoms with Gasteiger partial charge in [-0.3, -0.25) is 10.1 Å². The van der Waals surface area contributed by atoms with E-state index >= 15 is 0 Å². The Hall–Kier alpha value is -2.06. The lowest BCUT2D eigenvalue weighted by Gasteiger charge is -2.38. The lowest BCUT2D eigenvalue weighted by molar-refractivity contribution is -0.384. The second-order valence-electron chi connectivity index (χ2n) is 7.74. The van der Waals surface area contributed by atoms with Crippen molar-refractivity contribution in [2.75, 3.05) is 0 Å². The minimum Gasteiger partial charge on any atom is -0.337 e. The van der Waals surface area contributed by atoms with Gasteiger partial charge in [0.15, 0.2) is 0 Å². The lowest BCUT2D eigenvalue weighted by Crippen LogP contribution is -2.43. The van der Waals surface area contributed by atoms with Crippen molar-refractivity contribution in [3.8, 4) is 11.5 Å². The molecule has 0 unspecified atom stereocenters. The van der Waals surface area contributed by atoms with Crippen LogP contribution in [0, 0.1) is 21.6 Å². The van der Waals surface area contributed by atoms with E-state index in [1.165, 1.54) is 0 Å². The van der Waals surface area contributed by atoms with Crippen LogP contribution in [0.15, 0.2) is 24.3 Å². The van der Waals surface area contributed by atoms with Gasteiger partial charge in [-0.05, 0) is 28.8 Å². The molecule has 0 fully saturated rings. The van der Waals surface area contributed by atoms with Gasteiger partial charge in [0.25, 0.3) is 5.69 Å². The Morgan fingerprint density at radius 2 is 1.60 bits per heavy atom. The predicted octanol–water partition coefficient (Wildman–Crippen LogP) is 5.66. The minimum absolute atomic E-state index is 0.118. The Balaban J connectivity index is 2.58. The third-order valence-corrected chi connectivity index (χ3v) is 11.8. The van der Waals surface area contributed by atoms with Crippen LogP contribution in [0.3, 0.4) is 0 Å². The first-order chi connectivity index (χ1) is 11.6. The summed E-state index contributed by atoms with van der Waals surface area (Å²) in [4.78, 5) is 10.6. The molecule has 25 heavy (non-hydrogen) atoms. The summed E-state index contributed by atoms with van der Waals surface area (Å²) in [5, 5.41) is 11.9. The van der Waals surface area contributed by atoms with Gasteiger partial charge < -0.3 is 4.57 Å². The number of non-ortho nitro benzene ring substituents is 1. The Kier molecular flexibility index (Phi) is 5.43. The molecule has 0 aliphatic heterocycles. The van der Waals surface area contributed by atoms with Crippen molar-refractivity contribution in [1.82, 2.24) is 4.57 Å². The van der Waals surface area contributed by atoms with Crippen LogP contribution in [-0.2, 0) is 7.05 Å². The number of nitro groups is 1. The lowest BCUT2D eigenvalue weighted by atomic mass is 10.2. The predicted molar refractivity (Wildman–Crippen MR) is 107 cm³/mol. The van der Waals surface area contributed by atoms with Crippen molar-refractivity contribution < 1.29 is 4.92 Å². The highest BCUT2D eigenvalue weighted by atomic mass is 28.3. The van der Waals surface area contributed by atoms with E-state index in [4.69, 9.17) is 0 Å². The number of fused-ring (bicyclic) bond motifs is 1. The van der Waals surface area contributed by atoms with Gasteiger partial charge in [0, 0.05) is 30.1 Å². The largest absolute Gasteiger partial charge is 0.337 e. The van der Waals surface area contributed by atoms with Gasteiger partial charge in [0.2, 0.25) is 0 Å². The molecule has 4 nitrogen and oxygen atoms in total. The topological polar surface area (TPSA) is 48.1 Å². The highest BCUT2D eigenvalue weighted by Crippen LogP contribution is 2.40. The van der Waals surface area contributed by atoms with Gasteiger partial charge in [0.1, 0.15) is 8.07 Å². The Labute approximate surface area is 151 Å². The number of aromatic nitrogens is 1. The second kappa shape index (κ2) is 7.05. The molecular weight excluding hydrogens is 328 g/mol. The van der Waals surface area contributed by atoms with Gasteiger partial charge in [-0.2, -0.15) is 0 Å². The maximum absolute atomic E-state index is 11.0. The molecule has 0 bridgehead atoms. The Bertz CT molecular complexity index is 832. The van der Waals surface area contributed by atoms with Gasteiger partial charge in [-0.1, -0.05) is 47.5 Å². The number of benzene rings is 1. The van der Waals surface area contributed by atoms with Gasteiger partial charge in [0.05, 0.1) is 10.6 Å². The zero-order chi connectivity index (χ0) is 18.9. The van der Waals surface area contributed by atoms with Crippen molar-refractivity contribution in [3.63, 3.8) is 0 Å². The van der Waals surface area contributed by atoms with Crippen molar-refractivity contribution in [2.24, 2.45) is 7.05 Å². The summed E-state index contributed by atoms with van der Waals surface area (Å²) >= 11 is 0. The monoisotopic (exact) mass is 356 g/mol. The van der Waals surface area contributed by atoms with E-state index in [2.05, 4.69) is 53.0 Å². The van der Waals surface area contributed by atoms with Crippen LogP contribution in [0.5, 0.6) is 0 Å². The fraction of sp³-hybridized carbons (Fsp3) is 0.500. The summed E-state index contributed by atoms with van der Waals surface area (Å²) in [5.41, 5.74) is 7.48. The smallest absolute Gasteiger partial charge is 0.270 e. The van der Waals surface area contributed by atoms with Crippen LogP contribution in [0.4, 0.5) is 5.69 Å². The maximum Gasteiger partial charge on any atom is 0.270 e. The standard InChI is InChI=1S/C20H28N2O2Si/c1-14(2)25(15(3)4,16(5)6)11-10-18-12-17-13-19(22(23)24)8-9-20(17)21(18)7/h8-9,12-16H,1-7H3. The molecule has 1 heterocycles. The number of aryl methyl sites for hydroxylation is 1. The molecule has 5 heteroatoms. The summed E-state index contributed by atoms with van der Waals surface area (Å²) in [5.74, 6) is 3.44. The van der Waals surface area contributed by atoms with E-state index in [9.17, 15) is 10.1 Å². The fourth-order valence-electron chi connectivity index (χ4n) is 4.18. The van der Waals surface area contributed by atoms with Gasteiger partial charge in [-0.25, -0.2) is 0 Å². The average molecular weight is 357 g/mol. The number of rotatable bonds is 4. The molecule has 0 saturated carbocycles. The summed E-state index contributed by atoms with van der Waals surface area (Å²) in [6, 6.07) is 6.94. The Morgan fingerprint density at radius 1 is 1.04 bits per heavy atom. The molecule has 134 valence electrons. The number of hydrogen-bond acceptors (Lipinski definition) is 2. The highest BCUT2D eigenvalue weighted by molar-refractivity contribution is 6.90. The fourth-order valence-corrected chi connectivity index (χ4v) is 9.39. The van der Waals surface area contributed by atoms with Crippen LogP contribution in [-0.4, -0.2) is 17.6 Å². The zero-order valence-electron chi connectivity index (χ0n) is 16.3. The first-order valence-electron chi connectivity index (χ1n) is 8.88. The summed E-state index contributed by atoms with van der Waals surface area (Å²) in [6.45, 7) is 13.8. The third-order valence-electron chi connectivity index (χ3n) is 5.51. The summed E-state index contributed by atoms with van der Waals surface area (Å²) in [7, 11) is 0.180. The van der Waals surface area contributed by atoms with E-state index in [1.807, 2.05) is 17.7 Å². The van der Waals surface area contributed by atoms with E-state index < -0.39 is 8.07 Å². The molecule has 2 aromatic rings. The third kappa shape index (κ3) is 3.36. The molecule has 0 amide bonds. The molecule has 2 rings (SSSR count). The van der Waals surface area contributed by atoms with E-state index in [0.717, 1.165) is 16.6 Å². The van der Waals surface area contributed by atoms with Gasteiger partial charge in [-0.15, -0.1) is 5.54 Å². The van der Waals surface area contributed by atoms with Crippen molar-refractivity contribution in [1.29, 1.82) is 0 Å². The van der Waals surface area contributed by atoms with Gasteiger partial charge >= 0.3 is 0 Å². The molecule has 0 aliphatic carbocycles. The molecule has 0 atom stereocenters. The van der Waals surface area contributed by atoms with Crippen LogP contribution in [0.25, 0.3) is 10.9 Å². The molecule has 0 aliphatic rings. The summed E-state index contributed by atoms with van der Waals surface area (Å²) in [6.07, 6.45) is 0. The Morgan fingerprint density at radius 3 is 2.08 bits per heavy atom. The molecule has 0 saturated heterocycles. The molecule has 1 aromatic heterocycles. The van der Waals surface area contributed by atoms with E-state index in [-0.39, 0.29) is 10.6 Å². The van der Waals surface area contributed by atoms with Crippen LogP contribution < -0.4 is 0 Å². The highest BCUT2D eigenvalue weighted by Gasteiger charge is 2.41. The molecular formula is C20H28N2O2Si. The van der Waals surface area contributed by atoms with Crippen LogP contribution in [0.2, 0.25) is 16.6 Å². The van der Waals surface area contributed by atoms with Crippen molar-refractivity contribution >= 4 is 24.7 Å². The SMILES string of the molecule is CC(C)[Si](C#Cc1cc2cc([N+](=O)[O-])ccc2n1C)(C(C)C)C(C)C. The summed E-state index contributed by atoms with van der Waals surface area (Å²) < 4.78 is 2.03. The first-order valence-corrected chi connectivity index (χ1v) is 11.1. The zero-order valence-corrected chi connectivity index (χ0v) is 17.3. The van der Waals surface area contributed by atoms with Crippen molar-refractivity contribution in [3.05, 3.63) is 40.1 Å². The van der Waals surface area contributed by atoms with Crippen LogP contribution >= 0.6 is 0 Å². The quantitative estimate of drug-likeness (QED) is 0.307. The number of hydrogen-bond donors (Lipinski definition) is 0. The number of nitro benzene ring substituents is 1. The van der Waals surface area contributed by atoms with E-state index in [0.29, 0.717) is 16.6 Å². The average Bonchev–Trinajstić information content (AvgIpc) is 2.82. The minimum atomic E-state index is -1.79. The number of nitrogens with zero attached hydrogens (tertiary/aromatic N) is 2. The molecule has 0 radical (unpaired) electrons. The van der Waals surface area contributed by atoms with Crippen LogP contribution in [0.1, 0.15) is 47.2 Å². The molecule has 1 aromatic carbocycles. The van der Waals surface area contributed by atoms with E-state index in [1.54, 1.807) is 18.2 Å². The normalized spacial score (nSPS) is 12.1. The van der Waals surface area contributed by atoms with Crippen molar-refractivity contribution in [2.45, 2.75) is 58.2 Å². The second-order valence-corrected chi connectivity index (χ2v) is 13.3. The maximum atomic E-state index is 11.0.